The summed E-state index contributed by atoms with van der Waals surface area (Å²) in [4.78, 5) is 0. The second kappa shape index (κ2) is 2.74. The van der Waals surface area contributed by atoms with Gasteiger partial charge in [-0.15, -0.1) is 0 Å². The zero-order valence-corrected chi connectivity index (χ0v) is 6.31. The van der Waals surface area contributed by atoms with Crippen LogP contribution in [0.4, 0.5) is 0 Å². The van der Waals surface area contributed by atoms with Crippen molar-refractivity contribution in [3.8, 4) is 5.75 Å². The molecular weight excluding hydrogens is 124 g/mol. The van der Waals surface area contributed by atoms with Gasteiger partial charge < -0.3 is 5.11 Å². The van der Waals surface area contributed by atoms with Gasteiger partial charge in [0.2, 0.25) is 0 Å². The lowest BCUT2D eigenvalue weighted by Gasteiger charge is -2.00. The van der Waals surface area contributed by atoms with Gasteiger partial charge in [0, 0.05) is 6.07 Å². The van der Waals surface area contributed by atoms with Crippen LogP contribution in [0, 0.1) is 13.0 Å². The van der Waals surface area contributed by atoms with Gasteiger partial charge in [-0.1, -0.05) is 6.92 Å². The number of phenols is 1. The molecule has 0 atom stereocenters. The molecule has 0 aromatic heterocycles. The van der Waals surface area contributed by atoms with Gasteiger partial charge in [0.25, 0.3) is 0 Å². The Balaban J connectivity index is 3.09. The second-order valence-corrected chi connectivity index (χ2v) is 2.38. The van der Waals surface area contributed by atoms with Crippen LogP contribution in [0.5, 0.6) is 5.75 Å². The first-order valence-corrected chi connectivity index (χ1v) is 3.44. The summed E-state index contributed by atoms with van der Waals surface area (Å²) in [6.07, 6.45) is 0.966. The number of benzene rings is 1. The Bertz CT molecular complexity index is 228. The number of hydrogen-bond acceptors (Lipinski definition) is 1. The first-order valence-electron chi connectivity index (χ1n) is 3.44. The maximum absolute atomic E-state index is 9.01. The predicted octanol–water partition coefficient (Wildman–Crippen LogP) is 2.06. The molecule has 0 aliphatic carbocycles. The highest BCUT2D eigenvalue weighted by molar-refractivity contribution is 5.32. The predicted molar refractivity (Wildman–Crippen MR) is 41.1 cm³/mol. The van der Waals surface area contributed by atoms with Crippen molar-refractivity contribution in [2.75, 3.05) is 0 Å². The SMILES string of the molecule is CCc1cc(O)[c]cc1C. The van der Waals surface area contributed by atoms with Gasteiger partial charge in [0.15, 0.2) is 0 Å². The summed E-state index contributed by atoms with van der Waals surface area (Å²) in [5.41, 5.74) is 2.39. The summed E-state index contributed by atoms with van der Waals surface area (Å²) < 4.78 is 0. The maximum atomic E-state index is 9.01. The third-order valence-electron chi connectivity index (χ3n) is 1.63. The van der Waals surface area contributed by atoms with Gasteiger partial charge in [-0.25, -0.2) is 0 Å². The quantitative estimate of drug-likeness (QED) is 0.625. The minimum atomic E-state index is 0.238. The monoisotopic (exact) mass is 135 g/mol. The molecule has 1 radical (unpaired) electrons. The number of hydrogen-bond donors (Lipinski definition) is 1. The molecule has 1 aromatic rings. The summed E-state index contributed by atoms with van der Waals surface area (Å²) in [7, 11) is 0. The van der Waals surface area contributed by atoms with Crippen LogP contribution in [0.1, 0.15) is 18.1 Å². The molecule has 1 nitrogen and oxygen atoms in total. The van der Waals surface area contributed by atoms with E-state index in [9.17, 15) is 0 Å². The van der Waals surface area contributed by atoms with Crippen molar-refractivity contribution in [3.63, 3.8) is 0 Å². The van der Waals surface area contributed by atoms with Gasteiger partial charge in [0.1, 0.15) is 5.75 Å². The molecule has 1 heteroatoms. The van der Waals surface area contributed by atoms with Gasteiger partial charge in [0.05, 0.1) is 0 Å². The Hall–Kier alpha value is -0.980. The number of aryl methyl sites for hydroxylation is 2. The van der Waals surface area contributed by atoms with Crippen molar-refractivity contribution in [1.29, 1.82) is 0 Å². The number of phenolic OH excluding ortho intramolecular Hbond substituents is 1. The first kappa shape index (κ1) is 7.13. The first-order chi connectivity index (χ1) is 4.74. The van der Waals surface area contributed by atoms with Gasteiger partial charge in [-0.05, 0) is 36.6 Å². The largest absolute Gasteiger partial charge is 0.507 e. The zero-order chi connectivity index (χ0) is 7.56. The Kier molecular flexibility index (Phi) is 1.95. The molecule has 0 saturated carbocycles. The van der Waals surface area contributed by atoms with E-state index in [0.29, 0.717) is 0 Å². The Morgan fingerprint density at radius 3 is 2.80 bits per heavy atom. The van der Waals surface area contributed by atoms with Crippen LogP contribution in [-0.2, 0) is 6.42 Å². The molecule has 0 heterocycles. The van der Waals surface area contributed by atoms with E-state index < -0.39 is 0 Å². The Morgan fingerprint density at radius 2 is 2.30 bits per heavy atom. The van der Waals surface area contributed by atoms with Crippen LogP contribution in [0.3, 0.4) is 0 Å². The smallest absolute Gasteiger partial charge is 0.123 e. The highest BCUT2D eigenvalue weighted by atomic mass is 16.3. The normalized spacial score (nSPS) is 9.80. The van der Waals surface area contributed by atoms with Crippen molar-refractivity contribution >= 4 is 0 Å². The average molecular weight is 135 g/mol. The molecular formula is C9H11O. The fraction of sp³-hybridized carbons (Fsp3) is 0.333. The van der Waals surface area contributed by atoms with E-state index in [0.717, 1.165) is 6.42 Å². The van der Waals surface area contributed by atoms with Crippen LogP contribution in [0.2, 0.25) is 0 Å². The lowest BCUT2D eigenvalue weighted by molar-refractivity contribution is 0.473. The molecule has 0 saturated heterocycles. The molecule has 0 bridgehead atoms. The van der Waals surface area contributed by atoms with E-state index in [1.807, 2.05) is 13.0 Å². The van der Waals surface area contributed by atoms with Crippen molar-refractivity contribution in [2.24, 2.45) is 0 Å². The van der Waals surface area contributed by atoms with E-state index >= 15 is 0 Å². The lowest BCUT2D eigenvalue weighted by Crippen LogP contribution is -1.84. The van der Waals surface area contributed by atoms with Crippen LogP contribution >= 0.6 is 0 Å². The molecule has 0 spiro atoms. The van der Waals surface area contributed by atoms with Gasteiger partial charge in [-0.2, -0.15) is 0 Å². The molecule has 0 fully saturated rings. The third-order valence-corrected chi connectivity index (χ3v) is 1.63. The van der Waals surface area contributed by atoms with Crippen molar-refractivity contribution in [1.82, 2.24) is 0 Å². The van der Waals surface area contributed by atoms with E-state index in [1.54, 1.807) is 6.07 Å². The summed E-state index contributed by atoms with van der Waals surface area (Å²) in [6, 6.07) is 6.30. The molecule has 0 amide bonds. The summed E-state index contributed by atoms with van der Waals surface area (Å²) >= 11 is 0. The standard InChI is InChI=1S/C9H11O/c1-3-8-6-9(10)5-4-7(8)2/h4,6,10H,3H2,1-2H3. The molecule has 1 aromatic carbocycles. The van der Waals surface area contributed by atoms with Gasteiger partial charge in [-0.3, -0.25) is 0 Å². The maximum Gasteiger partial charge on any atom is 0.123 e. The van der Waals surface area contributed by atoms with Crippen molar-refractivity contribution in [3.05, 3.63) is 29.3 Å². The fourth-order valence-corrected chi connectivity index (χ4v) is 0.976. The minimum absolute atomic E-state index is 0.238. The minimum Gasteiger partial charge on any atom is -0.507 e. The third kappa shape index (κ3) is 1.29. The van der Waals surface area contributed by atoms with E-state index in [4.69, 9.17) is 5.11 Å². The van der Waals surface area contributed by atoms with Crippen LogP contribution in [0.15, 0.2) is 12.1 Å². The number of aromatic hydroxyl groups is 1. The highest BCUT2D eigenvalue weighted by Gasteiger charge is 1.95. The summed E-state index contributed by atoms with van der Waals surface area (Å²) in [5.74, 6) is 0.238. The summed E-state index contributed by atoms with van der Waals surface area (Å²) in [6.45, 7) is 4.09. The van der Waals surface area contributed by atoms with Crippen LogP contribution < -0.4 is 0 Å². The van der Waals surface area contributed by atoms with E-state index in [1.165, 1.54) is 11.1 Å². The Morgan fingerprint density at radius 1 is 1.60 bits per heavy atom. The lowest BCUT2D eigenvalue weighted by atomic mass is 10.1. The molecule has 0 unspecified atom stereocenters. The van der Waals surface area contributed by atoms with Crippen molar-refractivity contribution < 1.29 is 5.11 Å². The van der Waals surface area contributed by atoms with E-state index in [2.05, 4.69) is 13.0 Å². The van der Waals surface area contributed by atoms with Gasteiger partial charge >= 0.3 is 0 Å². The Labute approximate surface area is 61.3 Å². The van der Waals surface area contributed by atoms with E-state index in [-0.39, 0.29) is 5.75 Å². The van der Waals surface area contributed by atoms with Crippen molar-refractivity contribution in [2.45, 2.75) is 20.3 Å². The number of rotatable bonds is 1. The van der Waals surface area contributed by atoms with Crippen LogP contribution in [0.25, 0.3) is 0 Å². The molecule has 0 aliphatic rings. The molecule has 0 aliphatic heterocycles. The fourth-order valence-electron chi connectivity index (χ4n) is 0.976. The average Bonchev–Trinajstić information content (AvgIpc) is 1.94. The van der Waals surface area contributed by atoms with Crippen LogP contribution in [-0.4, -0.2) is 5.11 Å². The summed E-state index contributed by atoms with van der Waals surface area (Å²) in [5, 5.41) is 9.01. The molecule has 10 heavy (non-hydrogen) atoms. The molecule has 1 rings (SSSR count). The second-order valence-electron chi connectivity index (χ2n) is 2.38. The zero-order valence-electron chi connectivity index (χ0n) is 6.31. The topological polar surface area (TPSA) is 20.2 Å². The highest BCUT2D eigenvalue weighted by Crippen LogP contribution is 2.14. The molecule has 1 N–H and O–H groups in total. The molecule has 53 valence electrons.